The smallest absolute Gasteiger partial charge is 0.287 e. The minimum absolute atomic E-state index is 0.0228. The monoisotopic (exact) mass is 355 g/mol. The Bertz CT molecular complexity index is 740. The molecule has 3 rings (SSSR count). The summed E-state index contributed by atoms with van der Waals surface area (Å²) in [7, 11) is 3.84. The summed E-state index contributed by atoms with van der Waals surface area (Å²) in [6.07, 6.45) is 0. The highest BCUT2D eigenvalue weighted by Gasteiger charge is 2.35. The largest absolute Gasteiger partial charge is 0.495 e. The molecule has 26 heavy (non-hydrogen) atoms. The van der Waals surface area contributed by atoms with Crippen LogP contribution in [0.3, 0.4) is 0 Å². The summed E-state index contributed by atoms with van der Waals surface area (Å²) < 4.78 is 5.42. The van der Waals surface area contributed by atoms with E-state index in [1.807, 2.05) is 43.3 Å². The van der Waals surface area contributed by atoms with E-state index in [0.717, 1.165) is 43.0 Å². The van der Waals surface area contributed by atoms with Crippen molar-refractivity contribution in [2.45, 2.75) is 13.0 Å². The zero-order valence-electron chi connectivity index (χ0n) is 15.8. The molecule has 0 spiro atoms. The summed E-state index contributed by atoms with van der Waals surface area (Å²) in [5.41, 5.74) is 2.89. The van der Waals surface area contributed by atoms with Crippen LogP contribution in [0.5, 0.6) is 5.75 Å². The molecule has 5 nitrogen and oxygen atoms in total. The van der Waals surface area contributed by atoms with Crippen molar-refractivity contribution in [1.29, 1.82) is 0 Å². The van der Waals surface area contributed by atoms with E-state index in [2.05, 4.69) is 24.5 Å². The molecule has 2 aromatic rings. The zero-order valence-corrected chi connectivity index (χ0v) is 15.8. The van der Waals surface area contributed by atoms with Gasteiger partial charge in [0, 0.05) is 5.56 Å². The fourth-order valence-corrected chi connectivity index (χ4v) is 3.63. The lowest BCUT2D eigenvalue weighted by molar-refractivity contribution is -1.01. The number of benzene rings is 2. The van der Waals surface area contributed by atoms with E-state index in [-0.39, 0.29) is 11.9 Å². The highest BCUT2D eigenvalue weighted by molar-refractivity contribution is 5.96. The number of anilines is 1. The van der Waals surface area contributed by atoms with Gasteiger partial charge in [0.25, 0.3) is 5.91 Å². The van der Waals surface area contributed by atoms with Crippen molar-refractivity contribution in [2.24, 2.45) is 0 Å². The summed E-state index contributed by atoms with van der Waals surface area (Å²) in [4.78, 5) is 16.1. The SMILES string of the molecule is COc1ccc(C)cc1NC(=O)[C@H](c1ccccc1)[NH+]1CC[NH+](C)CC1. The first kappa shape index (κ1) is 18.4. The van der Waals surface area contributed by atoms with Crippen LogP contribution in [0.1, 0.15) is 17.2 Å². The number of hydrogen-bond acceptors (Lipinski definition) is 2. The Labute approximate surface area is 155 Å². The van der Waals surface area contributed by atoms with Crippen LogP contribution in [0.15, 0.2) is 48.5 Å². The van der Waals surface area contributed by atoms with E-state index in [0.29, 0.717) is 5.75 Å². The second-order valence-electron chi connectivity index (χ2n) is 7.15. The van der Waals surface area contributed by atoms with Crippen molar-refractivity contribution in [2.75, 3.05) is 45.7 Å². The van der Waals surface area contributed by atoms with Crippen molar-refractivity contribution in [3.8, 4) is 5.75 Å². The van der Waals surface area contributed by atoms with E-state index in [4.69, 9.17) is 4.74 Å². The Balaban J connectivity index is 1.87. The second kappa shape index (κ2) is 8.34. The van der Waals surface area contributed by atoms with Gasteiger partial charge in [-0.3, -0.25) is 4.79 Å². The van der Waals surface area contributed by atoms with E-state index in [1.54, 1.807) is 7.11 Å². The molecule has 1 heterocycles. The average molecular weight is 355 g/mol. The van der Waals surface area contributed by atoms with Crippen LogP contribution < -0.4 is 19.9 Å². The minimum atomic E-state index is -0.213. The topological polar surface area (TPSA) is 47.2 Å². The van der Waals surface area contributed by atoms with Crippen molar-refractivity contribution < 1.29 is 19.3 Å². The first-order valence-electron chi connectivity index (χ1n) is 9.25. The third-order valence-electron chi connectivity index (χ3n) is 5.16. The Morgan fingerprint density at radius 2 is 1.77 bits per heavy atom. The minimum Gasteiger partial charge on any atom is -0.495 e. The summed E-state index contributed by atoms with van der Waals surface area (Å²) in [6.45, 7) is 6.16. The number of piperazine rings is 1. The number of methoxy groups -OCH3 is 1. The highest BCUT2D eigenvalue weighted by atomic mass is 16.5. The molecule has 0 radical (unpaired) electrons. The van der Waals surface area contributed by atoms with Crippen molar-refractivity contribution in [3.63, 3.8) is 0 Å². The molecule has 2 aromatic carbocycles. The maximum Gasteiger partial charge on any atom is 0.287 e. The number of aryl methyl sites for hydroxylation is 1. The summed E-state index contributed by atoms with van der Waals surface area (Å²) >= 11 is 0. The van der Waals surface area contributed by atoms with Crippen LogP contribution in [0.4, 0.5) is 5.69 Å². The number of ether oxygens (including phenoxy) is 1. The van der Waals surface area contributed by atoms with Gasteiger partial charge in [0.15, 0.2) is 6.04 Å². The van der Waals surface area contributed by atoms with Gasteiger partial charge < -0.3 is 19.9 Å². The Morgan fingerprint density at radius 1 is 1.08 bits per heavy atom. The second-order valence-corrected chi connectivity index (χ2v) is 7.15. The molecule has 138 valence electrons. The van der Waals surface area contributed by atoms with E-state index < -0.39 is 0 Å². The van der Waals surface area contributed by atoms with Crippen molar-refractivity contribution in [3.05, 3.63) is 59.7 Å². The van der Waals surface area contributed by atoms with Gasteiger partial charge in [0.2, 0.25) is 0 Å². The molecule has 1 aliphatic heterocycles. The summed E-state index contributed by atoms with van der Waals surface area (Å²) in [6, 6.07) is 15.7. The molecule has 3 N–H and O–H groups in total. The molecular formula is C21H29N3O2+2. The van der Waals surface area contributed by atoms with Gasteiger partial charge in [0.1, 0.15) is 31.9 Å². The molecule has 0 aromatic heterocycles. The van der Waals surface area contributed by atoms with Crippen molar-refractivity contribution in [1.82, 2.24) is 0 Å². The van der Waals surface area contributed by atoms with Gasteiger partial charge in [-0.1, -0.05) is 36.4 Å². The van der Waals surface area contributed by atoms with Gasteiger partial charge in [-0.05, 0) is 24.6 Å². The molecule has 5 heteroatoms. The van der Waals surface area contributed by atoms with Crippen LogP contribution in [-0.2, 0) is 4.79 Å². The maximum absolute atomic E-state index is 13.3. The first-order valence-corrected chi connectivity index (χ1v) is 9.25. The molecule has 1 atom stereocenters. The van der Waals surface area contributed by atoms with E-state index >= 15 is 0 Å². The lowest BCUT2D eigenvalue weighted by Gasteiger charge is -2.32. The van der Waals surface area contributed by atoms with Crippen LogP contribution in [0.25, 0.3) is 0 Å². The Hall–Kier alpha value is -2.37. The van der Waals surface area contributed by atoms with Crippen LogP contribution in [0, 0.1) is 6.92 Å². The van der Waals surface area contributed by atoms with Crippen LogP contribution in [0.2, 0.25) is 0 Å². The Morgan fingerprint density at radius 3 is 2.42 bits per heavy atom. The van der Waals surface area contributed by atoms with Gasteiger partial charge in [-0.15, -0.1) is 0 Å². The fraction of sp³-hybridized carbons (Fsp3) is 0.381. The third-order valence-corrected chi connectivity index (χ3v) is 5.16. The summed E-state index contributed by atoms with van der Waals surface area (Å²) in [5.74, 6) is 0.711. The summed E-state index contributed by atoms with van der Waals surface area (Å²) in [5, 5.41) is 3.12. The number of rotatable bonds is 5. The number of carbonyl (C=O) groups is 1. The Kier molecular flexibility index (Phi) is 5.91. The normalized spacial score (nSPS) is 21.0. The molecule has 0 aliphatic carbocycles. The standard InChI is InChI=1S/C21H27N3O2/c1-16-9-10-19(26-3)18(15-16)22-21(25)20(17-7-5-4-6-8-17)24-13-11-23(2)12-14-24/h4-10,15,20H,11-14H2,1-3H3,(H,22,25)/p+2/t20-/m0/s1. The number of hydrogen-bond donors (Lipinski definition) is 3. The third kappa shape index (κ3) is 4.23. The van der Waals surface area contributed by atoms with Gasteiger partial charge in [-0.2, -0.15) is 0 Å². The predicted molar refractivity (Wildman–Crippen MR) is 103 cm³/mol. The lowest BCUT2D eigenvalue weighted by Crippen LogP contribution is -3.27. The zero-order chi connectivity index (χ0) is 18.5. The maximum atomic E-state index is 13.3. The molecule has 0 saturated carbocycles. The average Bonchev–Trinajstić information content (AvgIpc) is 2.65. The molecular weight excluding hydrogens is 326 g/mol. The predicted octanol–water partition coefficient (Wildman–Crippen LogP) is 0.0966. The quantitative estimate of drug-likeness (QED) is 0.712. The van der Waals surface area contributed by atoms with Gasteiger partial charge >= 0.3 is 0 Å². The molecule has 0 unspecified atom stereocenters. The lowest BCUT2D eigenvalue weighted by atomic mass is 10.0. The molecule has 1 aliphatic rings. The molecule has 1 fully saturated rings. The fourth-order valence-electron chi connectivity index (χ4n) is 3.63. The first-order chi connectivity index (χ1) is 12.6. The van der Waals surface area contributed by atoms with Crippen molar-refractivity contribution >= 4 is 11.6 Å². The molecule has 1 saturated heterocycles. The van der Waals surface area contributed by atoms with Crippen LogP contribution in [-0.4, -0.2) is 46.2 Å². The number of carbonyl (C=O) groups excluding carboxylic acids is 1. The number of quaternary nitrogens is 2. The molecule has 1 amide bonds. The van der Waals surface area contributed by atoms with E-state index in [1.165, 1.54) is 9.80 Å². The number of nitrogens with one attached hydrogen (secondary N) is 3. The number of amides is 1. The van der Waals surface area contributed by atoms with E-state index in [9.17, 15) is 4.79 Å². The van der Waals surface area contributed by atoms with Gasteiger partial charge in [0.05, 0.1) is 19.8 Å². The van der Waals surface area contributed by atoms with Crippen LogP contribution >= 0.6 is 0 Å². The highest BCUT2D eigenvalue weighted by Crippen LogP contribution is 2.26. The molecule has 0 bridgehead atoms. The number of likely N-dealkylation sites (N-methyl/N-ethyl adjacent to an activating group) is 1. The van der Waals surface area contributed by atoms with Gasteiger partial charge in [-0.25, -0.2) is 0 Å².